The van der Waals surface area contributed by atoms with Crippen LogP contribution in [0.15, 0.2) is 18.2 Å². The van der Waals surface area contributed by atoms with Crippen molar-refractivity contribution in [3.05, 3.63) is 23.8 Å². The lowest BCUT2D eigenvalue weighted by Gasteiger charge is -2.18. The van der Waals surface area contributed by atoms with Crippen LogP contribution in [0, 0.1) is 0 Å². The first-order chi connectivity index (χ1) is 9.48. The van der Waals surface area contributed by atoms with Gasteiger partial charge in [0.15, 0.2) is 0 Å². The maximum atomic E-state index is 9.73. The van der Waals surface area contributed by atoms with Crippen molar-refractivity contribution in [2.45, 2.75) is 51.3 Å². The number of nitrogens with one attached hydrogen (secondary N) is 1. The monoisotopic (exact) mass is 279 g/mol. The van der Waals surface area contributed by atoms with Gasteiger partial charge in [-0.2, -0.15) is 0 Å². The average Bonchev–Trinajstić information content (AvgIpc) is 3.19. The first-order valence-corrected chi connectivity index (χ1v) is 7.23. The van der Waals surface area contributed by atoms with Crippen molar-refractivity contribution in [2.24, 2.45) is 0 Å². The van der Waals surface area contributed by atoms with Crippen molar-refractivity contribution in [1.29, 1.82) is 0 Å². The van der Waals surface area contributed by atoms with Gasteiger partial charge in [0.05, 0.1) is 19.3 Å². The van der Waals surface area contributed by atoms with E-state index in [1.807, 2.05) is 18.2 Å². The quantitative estimate of drug-likeness (QED) is 0.767. The molecule has 2 N–H and O–H groups in total. The van der Waals surface area contributed by atoms with Gasteiger partial charge in [0, 0.05) is 30.6 Å². The zero-order valence-corrected chi connectivity index (χ0v) is 12.6. The SMILES string of the molecule is COc1ccc(CNC2CC2)c(OCCC(C)(C)O)c1. The molecule has 4 heteroatoms. The molecule has 0 aromatic heterocycles. The lowest BCUT2D eigenvalue weighted by atomic mass is 10.1. The highest BCUT2D eigenvalue weighted by molar-refractivity contribution is 5.40. The Hall–Kier alpha value is -1.26. The van der Waals surface area contributed by atoms with Crippen molar-refractivity contribution in [2.75, 3.05) is 13.7 Å². The molecule has 1 fully saturated rings. The number of methoxy groups -OCH3 is 1. The predicted octanol–water partition coefficient (Wildman–Crippen LogP) is 2.49. The minimum absolute atomic E-state index is 0.493. The zero-order chi connectivity index (χ0) is 14.6. The molecular weight excluding hydrogens is 254 g/mol. The topological polar surface area (TPSA) is 50.7 Å². The van der Waals surface area contributed by atoms with Crippen molar-refractivity contribution in [1.82, 2.24) is 5.32 Å². The molecule has 0 bridgehead atoms. The molecule has 1 saturated carbocycles. The van der Waals surface area contributed by atoms with Crippen LogP contribution in [0.25, 0.3) is 0 Å². The third-order valence-corrected chi connectivity index (χ3v) is 3.40. The van der Waals surface area contributed by atoms with E-state index in [-0.39, 0.29) is 0 Å². The molecule has 1 aliphatic rings. The molecule has 0 amide bonds. The highest BCUT2D eigenvalue weighted by Crippen LogP contribution is 2.27. The van der Waals surface area contributed by atoms with Crippen molar-refractivity contribution >= 4 is 0 Å². The van der Waals surface area contributed by atoms with E-state index in [0.717, 1.165) is 23.6 Å². The van der Waals surface area contributed by atoms with Crippen molar-refractivity contribution < 1.29 is 14.6 Å². The standard InChI is InChI=1S/C16H25NO3/c1-16(2,18)8-9-20-15-10-14(19-3)7-4-12(15)11-17-13-5-6-13/h4,7,10,13,17-18H,5-6,8-9,11H2,1-3H3. The van der Waals surface area contributed by atoms with Crippen molar-refractivity contribution in [3.63, 3.8) is 0 Å². The van der Waals surface area contributed by atoms with Crippen LogP contribution in [0.2, 0.25) is 0 Å². The van der Waals surface area contributed by atoms with Gasteiger partial charge in [-0.3, -0.25) is 0 Å². The average molecular weight is 279 g/mol. The molecule has 1 aliphatic carbocycles. The fourth-order valence-corrected chi connectivity index (χ4v) is 1.89. The van der Waals surface area contributed by atoms with Crippen LogP contribution in [0.5, 0.6) is 11.5 Å². The summed E-state index contributed by atoms with van der Waals surface area (Å²) in [6.07, 6.45) is 3.13. The van der Waals surface area contributed by atoms with Gasteiger partial charge in [-0.25, -0.2) is 0 Å². The van der Waals surface area contributed by atoms with Crippen LogP contribution in [-0.2, 0) is 6.54 Å². The molecule has 1 aromatic carbocycles. The Morgan fingerprint density at radius 2 is 2.10 bits per heavy atom. The third-order valence-electron chi connectivity index (χ3n) is 3.40. The lowest BCUT2D eigenvalue weighted by molar-refractivity contribution is 0.0551. The fourth-order valence-electron chi connectivity index (χ4n) is 1.89. The molecule has 0 heterocycles. The van der Waals surface area contributed by atoms with Gasteiger partial charge in [0.1, 0.15) is 11.5 Å². The normalized spacial score (nSPS) is 15.2. The minimum Gasteiger partial charge on any atom is -0.497 e. The van der Waals surface area contributed by atoms with E-state index in [4.69, 9.17) is 9.47 Å². The molecule has 4 nitrogen and oxygen atoms in total. The first kappa shape index (κ1) is 15.1. The fraction of sp³-hybridized carbons (Fsp3) is 0.625. The molecule has 2 rings (SSSR count). The van der Waals surface area contributed by atoms with E-state index in [0.29, 0.717) is 19.1 Å². The van der Waals surface area contributed by atoms with Crippen LogP contribution >= 0.6 is 0 Å². The molecular formula is C16H25NO3. The summed E-state index contributed by atoms with van der Waals surface area (Å²) in [7, 11) is 1.65. The minimum atomic E-state index is -0.703. The Balaban J connectivity index is 1.97. The molecule has 0 saturated heterocycles. The Morgan fingerprint density at radius 3 is 2.70 bits per heavy atom. The largest absolute Gasteiger partial charge is 0.497 e. The summed E-state index contributed by atoms with van der Waals surface area (Å²) < 4.78 is 11.1. The van der Waals surface area contributed by atoms with Crippen LogP contribution in [-0.4, -0.2) is 30.5 Å². The van der Waals surface area contributed by atoms with E-state index in [1.54, 1.807) is 21.0 Å². The van der Waals surface area contributed by atoms with E-state index in [2.05, 4.69) is 5.32 Å². The van der Waals surface area contributed by atoms with Gasteiger partial charge in [0.25, 0.3) is 0 Å². The van der Waals surface area contributed by atoms with Gasteiger partial charge in [0.2, 0.25) is 0 Å². The molecule has 112 valence electrons. The first-order valence-electron chi connectivity index (χ1n) is 7.23. The van der Waals surface area contributed by atoms with Crippen LogP contribution in [0.3, 0.4) is 0 Å². The second kappa shape index (κ2) is 6.46. The highest BCUT2D eigenvalue weighted by Gasteiger charge is 2.21. The molecule has 0 atom stereocenters. The van der Waals surface area contributed by atoms with Gasteiger partial charge in [-0.05, 0) is 32.8 Å². The number of aliphatic hydroxyl groups is 1. The predicted molar refractivity (Wildman–Crippen MR) is 79.3 cm³/mol. The van der Waals surface area contributed by atoms with Crippen LogP contribution in [0.4, 0.5) is 0 Å². The Labute approximate surface area is 121 Å². The Bertz CT molecular complexity index is 436. The highest BCUT2D eigenvalue weighted by atomic mass is 16.5. The summed E-state index contributed by atoms with van der Waals surface area (Å²) in [5.74, 6) is 1.63. The summed E-state index contributed by atoms with van der Waals surface area (Å²) in [4.78, 5) is 0. The number of rotatable bonds is 8. The summed E-state index contributed by atoms with van der Waals surface area (Å²) in [6, 6.07) is 6.57. The Kier molecular flexibility index (Phi) is 4.89. The van der Waals surface area contributed by atoms with E-state index in [1.165, 1.54) is 12.8 Å². The number of benzene rings is 1. The van der Waals surface area contributed by atoms with Crippen LogP contribution in [0.1, 0.15) is 38.7 Å². The van der Waals surface area contributed by atoms with Gasteiger partial charge in [-0.1, -0.05) is 6.07 Å². The summed E-state index contributed by atoms with van der Waals surface area (Å²) in [5.41, 5.74) is 0.430. The maximum absolute atomic E-state index is 9.73. The number of ether oxygens (including phenoxy) is 2. The molecule has 0 spiro atoms. The molecule has 1 aromatic rings. The third kappa shape index (κ3) is 5.02. The lowest BCUT2D eigenvalue weighted by Crippen LogP contribution is -2.22. The van der Waals surface area contributed by atoms with Crippen LogP contribution < -0.4 is 14.8 Å². The molecule has 20 heavy (non-hydrogen) atoms. The summed E-state index contributed by atoms with van der Waals surface area (Å²) in [6.45, 7) is 4.88. The second-order valence-corrected chi connectivity index (χ2v) is 6.04. The van der Waals surface area contributed by atoms with E-state index < -0.39 is 5.60 Å². The van der Waals surface area contributed by atoms with E-state index >= 15 is 0 Å². The number of hydrogen-bond donors (Lipinski definition) is 2. The second-order valence-electron chi connectivity index (χ2n) is 6.04. The maximum Gasteiger partial charge on any atom is 0.127 e. The van der Waals surface area contributed by atoms with Gasteiger partial charge >= 0.3 is 0 Å². The summed E-state index contributed by atoms with van der Waals surface area (Å²) in [5, 5.41) is 13.2. The molecule has 0 unspecified atom stereocenters. The van der Waals surface area contributed by atoms with E-state index in [9.17, 15) is 5.11 Å². The smallest absolute Gasteiger partial charge is 0.127 e. The summed E-state index contributed by atoms with van der Waals surface area (Å²) >= 11 is 0. The number of hydrogen-bond acceptors (Lipinski definition) is 4. The zero-order valence-electron chi connectivity index (χ0n) is 12.6. The van der Waals surface area contributed by atoms with Gasteiger partial charge < -0.3 is 19.9 Å². The molecule has 0 aliphatic heterocycles. The van der Waals surface area contributed by atoms with Gasteiger partial charge in [-0.15, -0.1) is 0 Å². The Morgan fingerprint density at radius 1 is 1.35 bits per heavy atom. The van der Waals surface area contributed by atoms with Crippen molar-refractivity contribution in [3.8, 4) is 11.5 Å². The molecule has 0 radical (unpaired) electrons.